The first-order chi connectivity index (χ1) is 9.24. The molecule has 0 saturated carbocycles. The SMILES string of the molecule is NC(c1ccc2c(c1)OCCO2)c1ccc(F)cn1. The van der Waals surface area contributed by atoms with E-state index in [0.717, 1.165) is 11.8 Å². The predicted molar refractivity (Wildman–Crippen MR) is 67.7 cm³/mol. The maximum Gasteiger partial charge on any atom is 0.161 e. The van der Waals surface area contributed by atoms with Gasteiger partial charge in [-0.3, -0.25) is 4.98 Å². The van der Waals surface area contributed by atoms with Crippen molar-refractivity contribution in [3.63, 3.8) is 0 Å². The van der Waals surface area contributed by atoms with E-state index in [-0.39, 0.29) is 5.82 Å². The Hall–Kier alpha value is -2.14. The number of hydrogen-bond acceptors (Lipinski definition) is 4. The van der Waals surface area contributed by atoms with Crippen LogP contribution in [-0.2, 0) is 0 Å². The molecule has 1 aliphatic rings. The molecule has 2 N–H and O–H groups in total. The van der Waals surface area contributed by atoms with Crippen molar-refractivity contribution in [3.8, 4) is 11.5 Å². The van der Waals surface area contributed by atoms with Crippen molar-refractivity contribution in [2.45, 2.75) is 6.04 Å². The second kappa shape index (κ2) is 4.85. The van der Waals surface area contributed by atoms with Gasteiger partial charge >= 0.3 is 0 Å². The first-order valence-electron chi connectivity index (χ1n) is 6.00. The second-order valence-electron chi connectivity index (χ2n) is 4.28. The largest absolute Gasteiger partial charge is 0.486 e. The molecule has 5 heteroatoms. The first kappa shape index (κ1) is 11.9. The third-order valence-electron chi connectivity index (χ3n) is 2.99. The first-order valence-corrected chi connectivity index (χ1v) is 6.00. The molecule has 0 amide bonds. The zero-order valence-corrected chi connectivity index (χ0v) is 10.2. The Bertz CT molecular complexity index is 586. The van der Waals surface area contributed by atoms with Gasteiger partial charge in [-0.15, -0.1) is 0 Å². The third-order valence-corrected chi connectivity index (χ3v) is 2.99. The number of ether oxygens (including phenoxy) is 2. The summed E-state index contributed by atoms with van der Waals surface area (Å²) in [5.41, 5.74) is 7.58. The predicted octanol–water partition coefficient (Wildman–Crippen LogP) is 2.04. The fraction of sp³-hybridized carbons (Fsp3) is 0.214. The Labute approximate surface area is 110 Å². The lowest BCUT2D eigenvalue weighted by Crippen LogP contribution is -2.17. The molecule has 4 nitrogen and oxygen atoms in total. The molecular formula is C14H13FN2O2. The molecule has 0 saturated heterocycles. The minimum absolute atomic E-state index is 0.377. The summed E-state index contributed by atoms with van der Waals surface area (Å²) >= 11 is 0. The maximum atomic E-state index is 12.8. The number of rotatable bonds is 2. The van der Waals surface area contributed by atoms with Gasteiger partial charge in [0, 0.05) is 0 Å². The van der Waals surface area contributed by atoms with Gasteiger partial charge in [-0.25, -0.2) is 4.39 Å². The van der Waals surface area contributed by atoms with Crippen molar-refractivity contribution >= 4 is 0 Å². The van der Waals surface area contributed by atoms with Crippen molar-refractivity contribution in [1.82, 2.24) is 4.98 Å². The molecule has 98 valence electrons. The topological polar surface area (TPSA) is 57.4 Å². The summed E-state index contributed by atoms with van der Waals surface area (Å²) in [4.78, 5) is 3.99. The minimum atomic E-state index is -0.420. The molecule has 1 aromatic carbocycles. The Kier molecular flexibility index (Phi) is 3.05. The zero-order chi connectivity index (χ0) is 13.2. The lowest BCUT2D eigenvalue weighted by atomic mass is 10.0. The highest BCUT2D eigenvalue weighted by Crippen LogP contribution is 2.33. The lowest BCUT2D eigenvalue weighted by molar-refractivity contribution is 0.171. The highest BCUT2D eigenvalue weighted by molar-refractivity contribution is 5.45. The smallest absolute Gasteiger partial charge is 0.161 e. The normalized spacial score (nSPS) is 15.1. The van der Waals surface area contributed by atoms with E-state index in [0.29, 0.717) is 30.4 Å². The zero-order valence-electron chi connectivity index (χ0n) is 10.2. The molecule has 2 aromatic rings. The molecule has 3 rings (SSSR count). The van der Waals surface area contributed by atoms with Crippen LogP contribution >= 0.6 is 0 Å². The highest BCUT2D eigenvalue weighted by Gasteiger charge is 2.16. The summed E-state index contributed by atoms with van der Waals surface area (Å²) < 4.78 is 23.8. The average Bonchev–Trinajstić information content (AvgIpc) is 2.47. The van der Waals surface area contributed by atoms with Crippen LogP contribution in [0.5, 0.6) is 11.5 Å². The van der Waals surface area contributed by atoms with Crippen LogP contribution in [0.3, 0.4) is 0 Å². The van der Waals surface area contributed by atoms with Crippen LogP contribution in [0.4, 0.5) is 4.39 Å². The van der Waals surface area contributed by atoms with E-state index < -0.39 is 6.04 Å². The summed E-state index contributed by atoms with van der Waals surface area (Å²) in [5, 5.41) is 0. The van der Waals surface area contributed by atoms with Crippen molar-refractivity contribution in [2.75, 3.05) is 13.2 Å². The van der Waals surface area contributed by atoms with Crippen molar-refractivity contribution in [2.24, 2.45) is 5.73 Å². The number of hydrogen-bond donors (Lipinski definition) is 1. The highest BCUT2D eigenvalue weighted by atomic mass is 19.1. The van der Waals surface area contributed by atoms with E-state index in [1.165, 1.54) is 6.07 Å². The summed E-state index contributed by atoms with van der Waals surface area (Å²) in [6.07, 6.45) is 1.16. The lowest BCUT2D eigenvalue weighted by Gasteiger charge is -2.20. The Morgan fingerprint density at radius 3 is 2.63 bits per heavy atom. The van der Waals surface area contributed by atoms with Gasteiger partial charge in [-0.2, -0.15) is 0 Å². The molecule has 0 aliphatic carbocycles. The monoisotopic (exact) mass is 260 g/mol. The number of pyridine rings is 1. The van der Waals surface area contributed by atoms with Gasteiger partial charge in [-0.05, 0) is 29.8 Å². The van der Waals surface area contributed by atoms with Gasteiger partial charge in [-0.1, -0.05) is 6.07 Å². The molecule has 1 aliphatic heterocycles. The van der Waals surface area contributed by atoms with Crippen LogP contribution in [0.15, 0.2) is 36.5 Å². The van der Waals surface area contributed by atoms with Crippen LogP contribution in [0.2, 0.25) is 0 Å². The molecular weight excluding hydrogens is 247 g/mol. The van der Waals surface area contributed by atoms with Crippen LogP contribution in [0.25, 0.3) is 0 Å². The summed E-state index contributed by atoms with van der Waals surface area (Å²) in [6, 6.07) is 8.04. The van der Waals surface area contributed by atoms with Crippen molar-refractivity contribution in [3.05, 3.63) is 53.6 Å². The van der Waals surface area contributed by atoms with E-state index in [2.05, 4.69) is 4.98 Å². The molecule has 19 heavy (non-hydrogen) atoms. The van der Waals surface area contributed by atoms with Gasteiger partial charge in [0.2, 0.25) is 0 Å². The third kappa shape index (κ3) is 2.37. The summed E-state index contributed by atoms with van der Waals surface area (Å²) in [7, 11) is 0. The van der Waals surface area contributed by atoms with Gasteiger partial charge < -0.3 is 15.2 Å². The van der Waals surface area contributed by atoms with Crippen LogP contribution in [0, 0.1) is 5.82 Å². The van der Waals surface area contributed by atoms with Crippen LogP contribution < -0.4 is 15.2 Å². The van der Waals surface area contributed by atoms with E-state index in [1.54, 1.807) is 6.07 Å². The van der Waals surface area contributed by atoms with E-state index >= 15 is 0 Å². The number of aromatic nitrogens is 1. The van der Waals surface area contributed by atoms with Gasteiger partial charge in [0.25, 0.3) is 0 Å². The van der Waals surface area contributed by atoms with Crippen LogP contribution in [0.1, 0.15) is 17.3 Å². The van der Waals surface area contributed by atoms with Crippen molar-refractivity contribution < 1.29 is 13.9 Å². The minimum Gasteiger partial charge on any atom is -0.486 e. The standard InChI is InChI=1S/C14H13FN2O2/c15-10-2-3-11(17-8-10)14(16)9-1-4-12-13(7-9)19-6-5-18-12/h1-4,7-8,14H,5-6,16H2. The Morgan fingerprint density at radius 2 is 1.89 bits per heavy atom. The number of halogens is 1. The summed E-state index contributed by atoms with van der Waals surface area (Å²) in [6.45, 7) is 1.08. The van der Waals surface area contributed by atoms with Gasteiger partial charge in [0.15, 0.2) is 11.5 Å². The fourth-order valence-electron chi connectivity index (χ4n) is 2.00. The molecule has 0 radical (unpaired) electrons. The maximum absolute atomic E-state index is 12.8. The van der Waals surface area contributed by atoms with Crippen molar-refractivity contribution in [1.29, 1.82) is 0 Å². The molecule has 1 unspecified atom stereocenters. The van der Waals surface area contributed by atoms with Gasteiger partial charge in [0.05, 0.1) is 17.9 Å². The molecule has 2 heterocycles. The molecule has 1 atom stereocenters. The molecule has 0 fully saturated rings. The van der Waals surface area contributed by atoms with E-state index in [9.17, 15) is 4.39 Å². The van der Waals surface area contributed by atoms with Crippen LogP contribution in [-0.4, -0.2) is 18.2 Å². The number of benzene rings is 1. The molecule has 0 bridgehead atoms. The van der Waals surface area contributed by atoms with E-state index in [1.807, 2.05) is 18.2 Å². The number of nitrogens with two attached hydrogens (primary N) is 1. The molecule has 0 spiro atoms. The average molecular weight is 260 g/mol. The van der Waals surface area contributed by atoms with Gasteiger partial charge in [0.1, 0.15) is 19.0 Å². The Balaban J connectivity index is 1.91. The number of fused-ring (bicyclic) bond motifs is 1. The number of nitrogens with zero attached hydrogens (tertiary/aromatic N) is 1. The Morgan fingerprint density at radius 1 is 1.11 bits per heavy atom. The van der Waals surface area contributed by atoms with E-state index in [4.69, 9.17) is 15.2 Å². The molecule has 1 aromatic heterocycles. The second-order valence-corrected chi connectivity index (χ2v) is 4.28. The fourth-order valence-corrected chi connectivity index (χ4v) is 2.00. The summed E-state index contributed by atoms with van der Waals surface area (Å²) in [5.74, 6) is 1.02. The quantitative estimate of drug-likeness (QED) is 0.897.